The van der Waals surface area contributed by atoms with Crippen LogP contribution < -0.4 is 0 Å². The summed E-state index contributed by atoms with van der Waals surface area (Å²) < 4.78 is 9.62. The van der Waals surface area contributed by atoms with Gasteiger partial charge in [-0.25, -0.2) is 0 Å². The first-order valence-electron chi connectivity index (χ1n) is 3.90. The first-order chi connectivity index (χ1) is 5.97. The first kappa shape index (κ1) is 11.1. The number of hydrogen-bond acceptors (Lipinski definition) is 4. The molecule has 1 aliphatic rings. The molecule has 0 bridgehead atoms. The van der Waals surface area contributed by atoms with Crippen LogP contribution in [0.4, 0.5) is 0 Å². The molecule has 1 rings (SSSR count). The van der Waals surface area contributed by atoms with Crippen molar-refractivity contribution >= 4 is 24.7 Å². The smallest absolute Gasteiger partial charge is 0.369 e. The van der Waals surface area contributed by atoms with Gasteiger partial charge in [-0.1, -0.05) is 5.16 Å². The van der Waals surface area contributed by atoms with Gasteiger partial charge < -0.3 is 19.1 Å². The zero-order chi connectivity index (χ0) is 9.95. The van der Waals surface area contributed by atoms with Crippen molar-refractivity contribution in [2.75, 3.05) is 6.61 Å². The maximum atomic E-state index is 8.67. The van der Waals surface area contributed by atoms with Crippen molar-refractivity contribution in [3.8, 4) is 0 Å². The summed E-state index contributed by atoms with van der Waals surface area (Å²) in [6.07, 6.45) is 3.20. The summed E-state index contributed by atoms with van der Waals surface area (Å²) in [5.41, 5.74) is -0.348. The van der Waals surface area contributed by atoms with E-state index in [-0.39, 0.29) is 5.60 Å². The Morgan fingerprint density at radius 3 is 2.62 bits per heavy atom. The molecule has 0 atom stereocenters. The second-order valence-corrected chi connectivity index (χ2v) is 5.38. The van der Waals surface area contributed by atoms with Gasteiger partial charge in [0.05, 0.1) is 6.21 Å². The molecular weight excluding hydrogens is 213 g/mol. The van der Waals surface area contributed by atoms with E-state index < -0.39 is 6.72 Å². The molecule has 0 aromatic heterocycles. The molecule has 0 radical (unpaired) electrons. The van der Waals surface area contributed by atoms with E-state index in [0.717, 1.165) is 12.8 Å². The third kappa shape index (κ3) is 4.15. The van der Waals surface area contributed by atoms with E-state index in [4.69, 9.17) is 14.5 Å². The van der Waals surface area contributed by atoms with Crippen LogP contribution in [0.25, 0.3) is 0 Å². The van der Waals surface area contributed by atoms with Crippen molar-refractivity contribution in [1.82, 2.24) is 0 Å². The molecule has 0 unspecified atom stereocenters. The van der Waals surface area contributed by atoms with Crippen LogP contribution in [0.15, 0.2) is 5.16 Å². The highest BCUT2D eigenvalue weighted by molar-refractivity contribution is 8.06. The van der Waals surface area contributed by atoms with Gasteiger partial charge in [0, 0.05) is 18.4 Å². The molecule has 1 aliphatic carbocycles. The van der Waals surface area contributed by atoms with E-state index in [1.807, 2.05) is 6.92 Å². The highest BCUT2D eigenvalue weighted by atomic mass is 32.5. The van der Waals surface area contributed by atoms with Gasteiger partial charge in [0.25, 0.3) is 0 Å². The number of oxime groups is 1. The van der Waals surface area contributed by atoms with Gasteiger partial charge in [0.2, 0.25) is 0 Å². The van der Waals surface area contributed by atoms with Crippen molar-refractivity contribution in [2.45, 2.75) is 25.4 Å². The van der Waals surface area contributed by atoms with Crippen LogP contribution in [-0.2, 0) is 21.2 Å². The summed E-state index contributed by atoms with van der Waals surface area (Å²) in [4.78, 5) is 17.3. The SMILES string of the molecule is CCOC1(/C=N/OP(O)(O)=S)CC1. The third-order valence-corrected chi connectivity index (χ3v) is 2.12. The molecule has 5 nitrogen and oxygen atoms in total. The van der Waals surface area contributed by atoms with E-state index >= 15 is 0 Å². The quantitative estimate of drug-likeness (QED) is 0.411. The predicted octanol–water partition coefficient (Wildman–Crippen LogP) is 0.767. The number of nitrogens with zero attached hydrogens (tertiary/aromatic N) is 1. The van der Waals surface area contributed by atoms with Gasteiger partial charge in [-0.3, -0.25) is 0 Å². The lowest BCUT2D eigenvalue weighted by atomic mass is 10.4. The Hall–Kier alpha value is -0.0000000000000000833. The molecule has 0 amide bonds. The average Bonchev–Trinajstić information content (AvgIpc) is 2.67. The normalized spacial score (nSPS) is 20.5. The lowest BCUT2D eigenvalue weighted by molar-refractivity contribution is 0.0930. The zero-order valence-electron chi connectivity index (χ0n) is 7.21. The molecule has 76 valence electrons. The Balaban J connectivity index is 2.36. The molecule has 13 heavy (non-hydrogen) atoms. The summed E-state index contributed by atoms with van der Waals surface area (Å²) >= 11 is 4.20. The first-order valence-corrected chi connectivity index (χ1v) is 6.53. The van der Waals surface area contributed by atoms with Crippen molar-refractivity contribution in [3.63, 3.8) is 0 Å². The second kappa shape index (κ2) is 4.02. The topological polar surface area (TPSA) is 71.3 Å². The van der Waals surface area contributed by atoms with Crippen LogP contribution in [-0.4, -0.2) is 28.2 Å². The Labute approximate surface area is 81.6 Å². The Kier molecular flexibility index (Phi) is 3.43. The fraction of sp³-hybridized carbons (Fsp3) is 0.833. The number of hydrogen-bond donors (Lipinski definition) is 2. The molecule has 1 saturated carbocycles. The molecular formula is C6H12NO4PS. The van der Waals surface area contributed by atoms with Crippen LogP contribution in [0.5, 0.6) is 0 Å². The van der Waals surface area contributed by atoms with Crippen LogP contribution in [0.1, 0.15) is 19.8 Å². The zero-order valence-corrected chi connectivity index (χ0v) is 8.92. The standard InChI is InChI=1S/C6H12NO4PS/c1-2-10-6(3-4-6)5-7-11-12(8,9)13/h5H,2-4H2,1H3,(H2,8,9,13)/b7-5+. The largest absolute Gasteiger partial charge is 0.396 e. The summed E-state index contributed by atoms with van der Waals surface area (Å²) in [5, 5.41) is 3.39. The lowest BCUT2D eigenvalue weighted by Crippen LogP contribution is -2.15. The lowest BCUT2D eigenvalue weighted by Gasteiger charge is -2.08. The predicted molar refractivity (Wildman–Crippen MR) is 51.9 cm³/mol. The van der Waals surface area contributed by atoms with Gasteiger partial charge in [-0.15, -0.1) is 0 Å². The molecule has 1 fully saturated rings. The van der Waals surface area contributed by atoms with E-state index in [9.17, 15) is 0 Å². The average molecular weight is 225 g/mol. The number of rotatable bonds is 5. The van der Waals surface area contributed by atoms with Crippen LogP contribution >= 0.6 is 6.72 Å². The molecule has 0 saturated heterocycles. The van der Waals surface area contributed by atoms with Gasteiger partial charge in [-0.2, -0.15) is 0 Å². The monoisotopic (exact) mass is 225 g/mol. The third-order valence-electron chi connectivity index (χ3n) is 1.62. The summed E-state index contributed by atoms with van der Waals surface area (Å²) in [6, 6.07) is 0. The molecule has 0 heterocycles. The Morgan fingerprint density at radius 2 is 2.23 bits per heavy atom. The van der Waals surface area contributed by atoms with E-state index in [2.05, 4.69) is 21.6 Å². The minimum atomic E-state index is -3.66. The molecule has 2 N–H and O–H groups in total. The van der Waals surface area contributed by atoms with Crippen molar-refractivity contribution in [2.24, 2.45) is 5.16 Å². The maximum absolute atomic E-state index is 8.67. The van der Waals surface area contributed by atoms with Crippen molar-refractivity contribution in [1.29, 1.82) is 0 Å². The molecule has 0 aliphatic heterocycles. The van der Waals surface area contributed by atoms with Crippen molar-refractivity contribution in [3.05, 3.63) is 0 Å². The summed E-state index contributed by atoms with van der Waals surface area (Å²) in [6.45, 7) is -1.18. The van der Waals surface area contributed by atoms with Crippen LogP contribution in [0, 0.1) is 0 Å². The van der Waals surface area contributed by atoms with Crippen LogP contribution in [0.2, 0.25) is 0 Å². The van der Waals surface area contributed by atoms with E-state index in [0.29, 0.717) is 6.61 Å². The van der Waals surface area contributed by atoms with Crippen molar-refractivity contribution < 1.29 is 19.1 Å². The molecule has 0 spiro atoms. The van der Waals surface area contributed by atoms with Gasteiger partial charge >= 0.3 is 6.72 Å². The summed E-state index contributed by atoms with van der Waals surface area (Å²) in [7, 11) is 0. The van der Waals surface area contributed by atoms with Crippen LogP contribution in [0.3, 0.4) is 0 Å². The van der Waals surface area contributed by atoms with Gasteiger partial charge in [-0.05, 0) is 19.8 Å². The fourth-order valence-corrected chi connectivity index (χ4v) is 1.19. The fourth-order valence-electron chi connectivity index (χ4n) is 0.902. The van der Waals surface area contributed by atoms with E-state index in [1.165, 1.54) is 6.21 Å². The Morgan fingerprint density at radius 1 is 1.62 bits per heavy atom. The maximum Gasteiger partial charge on any atom is 0.396 e. The highest BCUT2D eigenvalue weighted by Gasteiger charge is 2.42. The Bertz CT molecular complexity index is 247. The molecule has 0 aromatic carbocycles. The molecule has 0 aromatic rings. The number of ether oxygens (including phenoxy) is 1. The highest BCUT2D eigenvalue weighted by Crippen LogP contribution is 2.40. The summed E-state index contributed by atoms with van der Waals surface area (Å²) in [5.74, 6) is 0. The minimum absolute atomic E-state index is 0.348. The van der Waals surface area contributed by atoms with E-state index in [1.54, 1.807) is 0 Å². The molecule has 7 heteroatoms. The second-order valence-electron chi connectivity index (χ2n) is 2.80. The minimum Gasteiger partial charge on any atom is -0.369 e. The van der Waals surface area contributed by atoms with Gasteiger partial charge in [0.1, 0.15) is 5.60 Å². The van der Waals surface area contributed by atoms with Gasteiger partial charge in [0.15, 0.2) is 0 Å².